The maximum absolute atomic E-state index is 12.9. The van der Waals surface area contributed by atoms with Crippen molar-refractivity contribution in [1.82, 2.24) is 10.2 Å². The Morgan fingerprint density at radius 1 is 1.44 bits per heavy atom. The Morgan fingerprint density at radius 3 is 2.88 bits per heavy atom. The molecule has 4 nitrogen and oxygen atoms in total. The summed E-state index contributed by atoms with van der Waals surface area (Å²) in [6.07, 6.45) is 0. The Hall–Kier alpha value is -1.56. The molecular weight excluding hydrogens is 231 g/mol. The van der Waals surface area contributed by atoms with Crippen LogP contribution in [0.5, 0.6) is 0 Å². The first kappa shape index (κ1) is 10.9. The minimum Gasteiger partial charge on any atom is -0.425 e. The Labute approximate surface area is 94.0 Å². The molecule has 0 N–H and O–H groups in total. The SMILES string of the molecule is Cc1nnc(CS(=O)c2cccc(F)c2)o1. The van der Waals surface area contributed by atoms with Gasteiger partial charge in [0.15, 0.2) is 0 Å². The lowest BCUT2D eigenvalue weighted by Gasteiger charge is -1.98. The molecule has 1 unspecified atom stereocenters. The van der Waals surface area contributed by atoms with E-state index >= 15 is 0 Å². The van der Waals surface area contributed by atoms with Gasteiger partial charge in [0.25, 0.3) is 0 Å². The first-order chi connectivity index (χ1) is 7.65. The summed E-state index contributed by atoms with van der Waals surface area (Å²) in [6, 6.07) is 5.65. The van der Waals surface area contributed by atoms with Crippen LogP contribution in [0, 0.1) is 12.7 Å². The average Bonchev–Trinajstić information content (AvgIpc) is 2.64. The molecule has 2 aromatic rings. The summed E-state index contributed by atoms with van der Waals surface area (Å²) in [5, 5.41) is 7.36. The zero-order valence-corrected chi connectivity index (χ0v) is 9.33. The van der Waals surface area contributed by atoms with Gasteiger partial charge in [-0.2, -0.15) is 0 Å². The van der Waals surface area contributed by atoms with Crippen molar-refractivity contribution >= 4 is 10.8 Å². The summed E-state index contributed by atoms with van der Waals surface area (Å²) in [7, 11) is -1.37. The fourth-order valence-electron chi connectivity index (χ4n) is 1.20. The summed E-state index contributed by atoms with van der Waals surface area (Å²) < 4.78 is 29.8. The van der Waals surface area contributed by atoms with Crippen LogP contribution < -0.4 is 0 Å². The smallest absolute Gasteiger partial charge is 0.229 e. The van der Waals surface area contributed by atoms with E-state index in [1.54, 1.807) is 13.0 Å². The molecule has 1 atom stereocenters. The second kappa shape index (κ2) is 4.52. The van der Waals surface area contributed by atoms with Gasteiger partial charge in [-0.25, -0.2) is 4.39 Å². The van der Waals surface area contributed by atoms with E-state index in [4.69, 9.17) is 4.42 Å². The Bertz CT molecular complexity index is 527. The molecular formula is C10H9FN2O2S. The van der Waals surface area contributed by atoms with Crippen LogP contribution >= 0.6 is 0 Å². The monoisotopic (exact) mass is 240 g/mol. The van der Waals surface area contributed by atoms with Crippen molar-refractivity contribution in [2.24, 2.45) is 0 Å². The van der Waals surface area contributed by atoms with Gasteiger partial charge in [0.2, 0.25) is 11.8 Å². The van der Waals surface area contributed by atoms with E-state index < -0.39 is 16.6 Å². The van der Waals surface area contributed by atoms with Gasteiger partial charge in [0.05, 0.1) is 10.8 Å². The number of benzene rings is 1. The van der Waals surface area contributed by atoms with Crippen molar-refractivity contribution in [3.63, 3.8) is 0 Å². The van der Waals surface area contributed by atoms with Crippen LogP contribution in [0.15, 0.2) is 33.6 Å². The molecule has 0 aliphatic heterocycles. The quantitative estimate of drug-likeness (QED) is 0.821. The van der Waals surface area contributed by atoms with Crippen LogP contribution in [0.3, 0.4) is 0 Å². The number of halogens is 1. The van der Waals surface area contributed by atoms with Gasteiger partial charge in [-0.15, -0.1) is 10.2 Å². The Morgan fingerprint density at radius 2 is 2.25 bits per heavy atom. The lowest BCUT2D eigenvalue weighted by atomic mass is 10.4. The van der Waals surface area contributed by atoms with Crippen LogP contribution in [0.25, 0.3) is 0 Å². The number of hydrogen-bond acceptors (Lipinski definition) is 4. The molecule has 0 spiro atoms. The molecule has 0 saturated heterocycles. The summed E-state index contributed by atoms with van der Waals surface area (Å²) in [5.41, 5.74) is 0. The van der Waals surface area contributed by atoms with E-state index in [0.717, 1.165) is 0 Å². The van der Waals surface area contributed by atoms with Gasteiger partial charge in [-0.05, 0) is 18.2 Å². The number of aryl methyl sites for hydroxylation is 1. The maximum atomic E-state index is 12.9. The van der Waals surface area contributed by atoms with Gasteiger partial charge in [0.1, 0.15) is 11.6 Å². The summed E-state index contributed by atoms with van der Waals surface area (Å²) in [5.74, 6) is 0.406. The fourth-order valence-corrected chi connectivity index (χ4v) is 2.18. The molecule has 0 amide bonds. The zero-order chi connectivity index (χ0) is 11.5. The summed E-state index contributed by atoms with van der Waals surface area (Å²) in [4.78, 5) is 0.413. The number of rotatable bonds is 3. The molecule has 1 aromatic heterocycles. The third kappa shape index (κ3) is 2.52. The van der Waals surface area contributed by atoms with Crippen LogP contribution in [0.4, 0.5) is 4.39 Å². The van der Waals surface area contributed by atoms with Crippen molar-refractivity contribution in [2.45, 2.75) is 17.6 Å². The molecule has 0 radical (unpaired) electrons. The minimum atomic E-state index is -1.37. The van der Waals surface area contributed by atoms with E-state index in [9.17, 15) is 8.60 Å². The average molecular weight is 240 g/mol. The highest BCUT2D eigenvalue weighted by molar-refractivity contribution is 7.84. The van der Waals surface area contributed by atoms with E-state index in [0.29, 0.717) is 16.7 Å². The highest BCUT2D eigenvalue weighted by Crippen LogP contribution is 2.12. The first-order valence-electron chi connectivity index (χ1n) is 4.58. The topological polar surface area (TPSA) is 56.0 Å². The molecule has 0 aliphatic rings. The van der Waals surface area contributed by atoms with Crippen molar-refractivity contribution < 1.29 is 13.0 Å². The number of aromatic nitrogens is 2. The summed E-state index contributed by atoms with van der Waals surface area (Å²) in [6.45, 7) is 1.65. The van der Waals surface area contributed by atoms with Crippen LogP contribution in [-0.2, 0) is 16.6 Å². The molecule has 16 heavy (non-hydrogen) atoms. The second-order valence-corrected chi connectivity index (χ2v) is 4.61. The molecule has 1 aromatic carbocycles. The molecule has 0 bridgehead atoms. The minimum absolute atomic E-state index is 0.101. The third-order valence-corrected chi connectivity index (χ3v) is 3.17. The van der Waals surface area contributed by atoms with Gasteiger partial charge >= 0.3 is 0 Å². The van der Waals surface area contributed by atoms with Crippen molar-refractivity contribution in [3.05, 3.63) is 41.9 Å². The standard InChI is InChI=1S/C10H9FN2O2S/c1-7-12-13-10(15-7)6-16(14)9-4-2-3-8(11)5-9/h2-5H,6H2,1H3. The summed E-state index contributed by atoms with van der Waals surface area (Å²) >= 11 is 0. The predicted octanol–water partition coefficient (Wildman–Crippen LogP) is 1.82. The van der Waals surface area contributed by atoms with E-state index in [-0.39, 0.29) is 5.75 Å². The van der Waals surface area contributed by atoms with Crippen LogP contribution in [0.2, 0.25) is 0 Å². The van der Waals surface area contributed by atoms with Crippen molar-refractivity contribution in [1.29, 1.82) is 0 Å². The van der Waals surface area contributed by atoms with Crippen molar-refractivity contribution in [3.8, 4) is 0 Å². The second-order valence-electron chi connectivity index (χ2n) is 3.16. The highest BCUT2D eigenvalue weighted by Gasteiger charge is 2.10. The Kier molecular flexibility index (Phi) is 3.09. The molecule has 0 fully saturated rings. The van der Waals surface area contributed by atoms with E-state index in [1.807, 2.05) is 0 Å². The zero-order valence-electron chi connectivity index (χ0n) is 8.51. The number of hydrogen-bond donors (Lipinski definition) is 0. The highest BCUT2D eigenvalue weighted by atomic mass is 32.2. The molecule has 6 heteroatoms. The lowest BCUT2D eigenvalue weighted by Crippen LogP contribution is -1.97. The van der Waals surface area contributed by atoms with Gasteiger partial charge < -0.3 is 4.42 Å². The van der Waals surface area contributed by atoms with Crippen LogP contribution in [0.1, 0.15) is 11.8 Å². The predicted molar refractivity (Wildman–Crippen MR) is 55.5 cm³/mol. The first-order valence-corrected chi connectivity index (χ1v) is 5.90. The normalized spacial score (nSPS) is 12.6. The third-order valence-electron chi connectivity index (χ3n) is 1.88. The van der Waals surface area contributed by atoms with Gasteiger partial charge in [-0.1, -0.05) is 6.07 Å². The van der Waals surface area contributed by atoms with Crippen LogP contribution in [-0.4, -0.2) is 14.4 Å². The molecule has 84 valence electrons. The number of nitrogens with zero attached hydrogens (tertiary/aromatic N) is 2. The van der Waals surface area contributed by atoms with Gasteiger partial charge in [-0.3, -0.25) is 4.21 Å². The van der Waals surface area contributed by atoms with E-state index in [2.05, 4.69) is 10.2 Å². The molecule has 0 aliphatic carbocycles. The van der Waals surface area contributed by atoms with Crippen molar-refractivity contribution in [2.75, 3.05) is 0 Å². The molecule has 1 heterocycles. The van der Waals surface area contributed by atoms with Gasteiger partial charge in [0, 0.05) is 11.8 Å². The Balaban J connectivity index is 2.14. The van der Waals surface area contributed by atoms with E-state index in [1.165, 1.54) is 18.2 Å². The maximum Gasteiger partial charge on any atom is 0.229 e. The molecule has 2 rings (SSSR count). The largest absolute Gasteiger partial charge is 0.425 e. The lowest BCUT2D eigenvalue weighted by molar-refractivity contribution is 0.483. The molecule has 0 saturated carbocycles. The fraction of sp³-hybridized carbons (Fsp3) is 0.200.